The second-order valence-electron chi connectivity index (χ2n) is 4.04. The minimum atomic E-state index is -3.86. The van der Waals surface area contributed by atoms with Gasteiger partial charge in [0.1, 0.15) is 10.7 Å². The van der Waals surface area contributed by atoms with E-state index in [0.717, 1.165) is 11.1 Å². The van der Waals surface area contributed by atoms with Gasteiger partial charge >= 0.3 is 0 Å². The van der Waals surface area contributed by atoms with Crippen molar-refractivity contribution in [1.82, 2.24) is 9.71 Å². The number of halogens is 1. The molecule has 8 heteroatoms. The smallest absolute Gasteiger partial charge is 0.243 e. The lowest BCUT2D eigenvalue weighted by molar-refractivity contribution is 0.556. The molecule has 0 spiro atoms. The Labute approximate surface area is 120 Å². The summed E-state index contributed by atoms with van der Waals surface area (Å²) in [5.41, 5.74) is 5.92. The predicted molar refractivity (Wildman–Crippen MR) is 75.3 cm³/mol. The number of nitrogens with one attached hydrogen (secondary N) is 1. The molecule has 0 unspecified atom stereocenters. The molecule has 0 aliphatic rings. The molecule has 2 aromatic rings. The molecular formula is C12H14FN3O2S2. The van der Waals surface area contributed by atoms with Gasteiger partial charge in [-0.3, -0.25) is 0 Å². The number of nitrogens with two attached hydrogens (primary N) is 1. The van der Waals surface area contributed by atoms with Crippen molar-refractivity contribution in [2.45, 2.75) is 17.9 Å². The van der Waals surface area contributed by atoms with E-state index < -0.39 is 15.8 Å². The Balaban J connectivity index is 2.06. The molecule has 2 rings (SSSR count). The highest BCUT2D eigenvalue weighted by molar-refractivity contribution is 7.89. The van der Waals surface area contributed by atoms with Gasteiger partial charge in [-0.05, 0) is 17.7 Å². The highest BCUT2D eigenvalue weighted by atomic mass is 32.2. The van der Waals surface area contributed by atoms with E-state index in [-0.39, 0.29) is 18.0 Å². The van der Waals surface area contributed by atoms with Gasteiger partial charge in [-0.25, -0.2) is 22.5 Å². The SMILES string of the molecule is NCc1ccc(S(=O)(=O)NCCc2nccs2)c(F)c1. The van der Waals surface area contributed by atoms with Crippen LogP contribution in [-0.2, 0) is 23.0 Å². The number of sulfonamides is 1. The van der Waals surface area contributed by atoms with Crippen molar-refractivity contribution < 1.29 is 12.8 Å². The molecular weight excluding hydrogens is 301 g/mol. The average Bonchev–Trinajstić information content (AvgIpc) is 2.91. The summed E-state index contributed by atoms with van der Waals surface area (Å²) >= 11 is 1.44. The van der Waals surface area contributed by atoms with Crippen LogP contribution in [0.1, 0.15) is 10.6 Å². The van der Waals surface area contributed by atoms with Crippen LogP contribution >= 0.6 is 11.3 Å². The van der Waals surface area contributed by atoms with Crippen LogP contribution in [0.3, 0.4) is 0 Å². The summed E-state index contributed by atoms with van der Waals surface area (Å²) in [4.78, 5) is 3.68. The van der Waals surface area contributed by atoms with Gasteiger partial charge < -0.3 is 5.73 Å². The third kappa shape index (κ3) is 3.60. The second kappa shape index (κ2) is 6.40. The zero-order chi connectivity index (χ0) is 14.6. The summed E-state index contributed by atoms with van der Waals surface area (Å²) in [6.45, 7) is 0.336. The minimum Gasteiger partial charge on any atom is -0.326 e. The zero-order valence-electron chi connectivity index (χ0n) is 10.5. The minimum absolute atomic E-state index is 0.161. The van der Waals surface area contributed by atoms with Gasteiger partial charge in [0, 0.05) is 31.1 Å². The Morgan fingerprint density at radius 2 is 2.20 bits per heavy atom. The highest BCUT2D eigenvalue weighted by Gasteiger charge is 2.18. The molecule has 0 radical (unpaired) electrons. The number of benzene rings is 1. The maximum atomic E-state index is 13.7. The first-order valence-electron chi connectivity index (χ1n) is 5.89. The first kappa shape index (κ1) is 15.0. The fourth-order valence-electron chi connectivity index (χ4n) is 1.64. The predicted octanol–water partition coefficient (Wildman–Crippen LogP) is 1.26. The largest absolute Gasteiger partial charge is 0.326 e. The van der Waals surface area contributed by atoms with Crippen LogP contribution in [0.2, 0.25) is 0 Å². The second-order valence-corrected chi connectivity index (χ2v) is 6.76. The van der Waals surface area contributed by atoms with Crippen LogP contribution in [-0.4, -0.2) is 19.9 Å². The number of thiazole rings is 1. The van der Waals surface area contributed by atoms with Crippen molar-refractivity contribution in [3.8, 4) is 0 Å². The van der Waals surface area contributed by atoms with E-state index in [1.54, 1.807) is 6.20 Å². The van der Waals surface area contributed by atoms with E-state index in [4.69, 9.17) is 5.73 Å². The first-order chi connectivity index (χ1) is 9.53. The van der Waals surface area contributed by atoms with Crippen LogP contribution in [0, 0.1) is 5.82 Å². The Morgan fingerprint density at radius 1 is 1.40 bits per heavy atom. The Hall–Kier alpha value is -1.35. The summed E-state index contributed by atoms with van der Waals surface area (Å²) in [5.74, 6) is -0.797. The van der Waals surface area contributed by atoms with Gasteiger partial charge in [0.25, 0.3) is 0 Å². The third-order valence-corrected chi connectivity index (χ3v) is 4.97. The van der Waals surface area contributed by atoms with Crippen LogP contribution in [0.25, 0.3) is 0 Å². The van der Waals surface area contributed by atoms with E-state index in [1.807, 2.05) is 5.38 Å². The average molecular weight is 315 g/mol. The number of aromatic nitrogens is 1. The van der Waals surface area contributed by atoms with Gasteiger partial charge in [0.15, 0.2) is 0 Å². The number of hydrogen-bond acceptors (Lipinski definition) is 5. The fraction of sp³-hybridized carbons (Fsp3) is 0.250. The monoisotopic (exact) mass is 315 g/mol. The van der Waals surface area contributed by atoms with Crippen molar-refractivity contribution >= 4 is 21.4 Å². The Bertz CT molecular complexity index is 672. The van der Waals surface area contributed by atoms with E-state index in [1.165, 1.54) is 23.5 Å². The van der Waals surface area contributed by atoms with Gasteiger partial charge in [-0.15, -0.1) is 11.3 Å². The molecule has 1 aromatic carbocycles. The van der Waals surface area contributed by atoms with Crippen LogP contribution in [0.5, 0.6) is 0 Å². The van der Waals surface area contributed by atoms with Crippen molar-refractivity contribution in [1.29, 1.82) is 0 Å². The number of hydrogen-bond donors (Lipinski definition) is 2. The molecule has 0 fully saturated rings. The zero-order valence-corrected chi connectivity index (χ0v) is 12.2. The van der Waals surface area contributed by atoms with E-state index >= 15 is 0 Å². The molecule has 1 aromatic heterocycles. The van der Waals surface area contributed by atoms with Crippen molar-refractivity contribution in [2.24, 2.45) is 5.73 Å². The van der Waals surface area contributed by atoms with E-state index in [0.29, 0.717) is 12.0 Å². The summed E-state index contributed by atoms with van der Waals surface area (Å²) in [6, 6.07) is 3.86. The van der Waals surface area contributed by atoms with Crippen molar-refractivity contribution in [3.05, 3.63) is 46.2 Å². The van der Waals surface area contributed by atoms with Crippen molar-refractivity contribution in [3.63, 3.8) is 0 Å². The molecule has 1 heterocycles. The standard InChI is InChI=1S/C12H14FN3O2S2/c13-10-7-9(8-14)1-2-11(10)20(17,18)16-4-3-12-15-5-6-19-12/h1-2,5-7,16H,3-4,8,14H2. The molecule has 0 bridgehead atoms. The van der Waals surface area contributed by atoms with Gasteiger partial charge in [-0.2, -0.15) is 0 Å². The number of rotatable bonds is 6. The summed E-state index contributed by atoms with van der Waals surface area (Å²) in [7, 11) is -3.86. The summed E-state index contributed by atoms with van der Waals surface area (Å²) < 4.78 is 40.1. The topological polar surface area (TPSA) is 85.1 Å². The molecule has 0 saturated heterocycles. The number of nitrogens with zero attached hydrogens (tertiary/aromatic N) is 1. The molecule has 20 heavy (non-hydrogen) atoms. The summed E-state index contributed by atoms with van der Waals surface area (Å²) in [5, 5.41) is 2.64. The maximum Gasteiger partial charge on any atom is 0.243 e. The van der Waals surface area contributed by atoms with Crippen LogP contribution < -0.4 is 10.5 Å². The molecule has 0 aliphatic heterocycles. The molecule has 0 amide bonds. The van der Waals surface area contributed by atoms with Crippen LogP contribution in [0.4, 0.5) is 4.39 Å². The highest BCUT2D eigenvalue weighted by Crippen LogP contribution is 2.16. The quantitative estimate of drug-likeness (QED) is 0.840. The molecule has 0 saturated carbocycles. The van der Waals surface area contributed by atoms with E-state index in [9.17, 15) is 12.8 Å². The van der Waals surface area contributed by atoms with Gasteiger partial charge in [-0.1, -0.05) is 6.07 Å². The molecule has 3 N–H and O–H groups in total. The first-order valence-corrected chi connectivity index (χ1v) is 8.26. The lowest BCUT2D eigenvalue weighted by Gasteiger charge is -2.08. The Kier molecular flexibility index (Phi) is 4.81. The normalized spacial score (nSPS) is 11.7. The van der Waals surface area contributed by atoms with Crippen molar-refractivity contribution in [2.75, 3.05) is 6.54 Å². The van der Waals surface area contributed by atoms with Gasteiger partial charge in [0.05, 0.1) is 5.01 Å². The van der Waals surface area contributed by atoms with Gasteiger partial charge in [0.2, 0.25) is 10.0 Å². The lowest BCUT2D eigenvalue weighted by Crippen LogP contribution is -2.26. The van der Waals surface area contributed by atoms with E-state index in [2.05, 4.69) is 9.71 Å². The molecule has 5 nitrogen and oxygen atoms in total. The van der Waals surface area contributed by atoms with Crippen LogP contribution in [0.15, 0.2) is 34.7 Å². The maximum absolute atomic E-state index is 13.7. The molecule has 108 valence electrons. The summed E-state index contributed by atoms with van der Waals surface area (Å²) in [6.07, 6.45) is 2.12. The molecule has 0 aliphatic carbocycles. The molecule has 0 atom stereocenters. The fourth-order valence-corrected chi connectivity index (χ4v) is 3.35. The third-order valence-electron chi connectivity index (χ3n) is 2.64. The lowest BCUT2D eigenvalue weighted by atomic mass is 10.2. The Morgan fingerprint density at radius 3 is 2.80 bits per heavy atom.